The van der Waals surface area contributed by atoms with Gasteiger partial charge >= 0.3 is 0 Å². The third-order valence-electron chi connectivity index (χ3n) is 5.72. The standard InChI is InChI=1S/C16H19F2N/c17-13-5-4-11-10(15(13)18)9-14-12-3-1-2-6-16(11,12)7-8-19-14/h4-5,12,14,19H,1-3,6-9H2/t12-,14+,16-/m0/s1. The second-order valence-electron chi connectivity index (χ2n) is 6.41. The van der Waals surface area contributed by atoms with E-state index in [-0.39, 0.29) is 5.41 Å². The van der Waals surface area contributed by atoms with Crippen molar-refractivity contribution < 1.29 is 8.78 Å². The number of hydrogen-bond donors (Lipinski definition) is 1. The van der Waals surface area contributed by atoms with Crippen LogP contribution < -0.4 is 5.32 Å². The van der Waals surface area contributed by atoms with E-state index in [9.17, 15) is 8.78 Å². The number of piperidine rings is 1. The Kier molecular flexibility index (Phi) is 2.50. The van der Waals surface area contributed by atoms with Gasteiger partial charge < -0.3 is 5.32 Å². The summed E-state index contributed by atoms with van der Waals surface area (Å²) in [6.07, 6.45) is 6.62. The molecule has 0 radical (unpaired) electrons. The first-order valence-electron chi connectivity index (χ1n) is 7.43. The van der Waals surface area contributed by atoms with Crippen molar-refractivity contribution in [2.75, 3.05) is 6.54 Å². The lowest BCUT2D eigenvalue weighted by Crippen LogP contribution is -2.59. The number of halogens is 2. The summed E-state index contributed by atoms with van der Waals surface area (Å²) in [6.45, 7) is 1.01. The quantitative estimate of drug-likeness (QED) is 0.757. The summed E-state index contributed by atoms with van der Waals surface area (Å²) in [6, 6.07) is 3.54. The second-order valence-corrected chi connectivity index (χ2v) is 6.41. The zero-order valence-electron chi connectivity index (χ0n) is 11.0. The molecule has 102 valence electrons. The minimum atomic E-state index is -0.692. The lowest BCUT2D eigenvalue weighted by atomic mass is 9.53. The summed E-state index contributed by atoms with van der Waals surface area (Å²) < 4.78 is 27.7. The monoisotopic (exact) mass is 263 g/mol. The highest BCUT2D eigenvalue weighted by atomic mass is 19.2. The number of rotatable bonds is 0. The SMILES string of the molecule is Fc1ccc2c(c1F)C[C@H]1NCC[C@@]23CCCC[C@@H]13. The molecule has 3 heteroatoms. The van der Waals surface area contributed by atoms with Crippen LogP contribution in [0.3, 0.4) is 0 Å². The molecule has 2 aliphatic carbocycles. The van der Waals surface area contributed by atoms with E-state index >= 15 is 0 Å². The van der Waals surface area contributed by atoms with E-state index < -0.39 is 11.6 Å². The molecule has 3 atom stereocenters. The van der Waals surface area contributed by atoms with Gasteiger partial charge in [-0.15, -0.1) is 0 Å². The second kappa shape index (κ2) is 4.02. The maximum atomic E-state index is 14.1. The van der Waals surface area contributed by atoms with Crippen LogP contribution in [0.1, 0.15) is 43.2 Å². The number of fused-ring (bicyclic) bond motifs is 1. The summed E-state index contributed by atoms with van der Waals surface area (Å²) >= 11 is 0. The van der Waals surface area contributed by atoms with E-state index in [1.54, 1.807) is 0 Å². The first kappa shape index (κ1) is 11.8. The highest BCUT2D eigenvalue weighted by molar-refractivity contribution is 5.42. The minimum absolute atomic E-state index is 0.121. The van der Waals surface area contributed by atoms with E-state index in [1.807, 2.05) is 6.07 Å². The zero-order valence-corrected chi connectivity index (χ0v) is 11.0. The van der Waals surface area contributed by atoms with E-state index in [2.05, 4.69) is 5.32 Å². The normalized spacial score (nSPS) is 36.5. The van der Waals surface area contributed by atoms with Gasteiger partial charge in [-0.05, 0) is 55.3 Å². The predicted molar refractivity (Wildman–Crippen MR) is 70.1 cm³/mol. The molecule has 1 saturated heterocycles. The van der Waals surface area contributed by atoms with Crippen LogP contribution in [0, 0.1) is 17.6 Å². The van der Waals surface area contributed by atoms with Crippen LogP contribution >= 0.6 is 0 Å². The molecule has 1 heterocycles. The Balaban J connectivity index is 1.93. The van der Waals surface area contributed by atoms with E-state index in [0.717, 1.165) is 24.9 Å². The van der Waals surface area contributed by atoms with Gasteiger partial charge in [-0.25, -0.2) is 8.78 Å². The van der Waals surface area contributed by atoms with Gasteiger partial charge in [0.2, 0.25) is 0 Å². The van der Waals surface area contributed by atoms with Crippen molar-refractivity contribution in [1.29, 1.82) is 0 Å². The molecular formula is C16H19F2N. The molecule has 1 N–H and O–H groups in total. The smallest absolute Gasteiger partial charge is 0.162 e. The molecule has 19 heavy (non-hydrogen) atoms. The Morgan fingerprint density at radius 1 is 1.16 bits per heavy atom. The average Bonchev–Trinajstić information content (AvgIpc) is 2.43. The number of nitrogens with one attached hydrogen (secondary N) is 1. The molecule has 0 amide bonds. The fourth-order valence-electron chi connectivity index (χ4n) is 4.95. The lowest BCUT2D eigenvalue weighted by molar-refractivity contribution is 0.0781. The molecule has 1 aliphatic heterocycles. The predicted octanol–water partition coefficient (Wildman–Crippen LogP) is 3.31. The minimum Gasteiger partial charge on any atom is -0.313 e. The van der Waals surface area contributed by atoms with Crippen LogP contribution in [-0.4, -0.2) is 12.6 Å². The molecule has 3 aliphatic rings. The maximum absolute atomic E-state index is 14.1. The van der Waals surface area contributed by atoms with Crippen LogP contribution in [0.2, 0.25) is 0 Å². The summed E-state index contributed by atoms with van der Waals surface area (Å²) in [5.41, 5.74) is 1.89. The molecule has 0 aromatic heterocycles. The van der Waals surface area contributed by atoms with Crippen molar-refractivity contribution in [1.82, 2.24) is 5.32 Å². The molecule has 1 nitrogen and oxygen atoms in total. The van der Waals surface area contributed by atoms with Crippen LogP contribution in [0.25, 0.3) is 0 Å². The van der Waals surface area contributed by atoms with Gasteiger partial charge in [-0.1, -0.05) is 18.9 Å². The van der Waals surface area contributed by atoms with Crippen molar-refractivity contribution in [2.24, 2.45) is 5.92 Å². The summed E-state index contributed by atoms with van der Waals surface area (Å²) in [5, 5.41) is 3.54. The average molecular weight is 263 g/mol. The Bertz CT molecular complexity index is 524. The molecule has 0 spiro atoms. The third-order valence-corrected chi connectivity index (χ3v) is 5.72. The molecule has 1 aromatic rings. The fraction of sp³-hybridized carbons (Fsp3) is 0.625. The Morgan fingerprint density at radius 3 is 2.95 bits per heavy atom. The van der Waals surface area contributed by atoms with Crippen molar-refractivity contribution in [3.05, 3.63) is 34.9 Å². The summed E-state index contributed by atoms with van der Waals surface area (Å²) in [7, 11) is 0. The van der Waals surface area contributed by atoms with Gasteiger partial charge in [0.25, 0.3) is 0 Å². The Morgan fingerprint density at radius 2 is 2.05 bits per heavy atom. The van der Waals surface area contributed by atoms with E-state index in [4.69, 9.17) is 0 Å². The van der Waals surface area contributed by atoms with Crippen molar-refractivity contribution in [3.63, 3.8) is 0 Å². The van der Waals surface area contributed by atoms with E-state index in [0.29, 0.717) is 23.9 Å². The van der Waals surface area contributed by atoms with Crippen LogP contribution in [-0.2, 0) is 11.8 Å². The molecular weight excluding hydrogens is 244 g/mol. The molecule has 0 unspecified atom stereocenters. The Labute approximate surface area is 112 Å². The highest BCUT2D eigenvalue weighted by Crippen LogP contribution is 2.54. The summed E-state index contributed by atoms with van der Waals surface area (Å²) in [5.74, 6) is -0.676. The number of benzene rings is 1. The number of hydrogen-bond acceptors (Lipinski definition) is 1. The zero-order chi connectivity index (χ0) is 13.0. The van der Waals surface area contributed by atoms with Crippen molar-refractivity contribution >= 4 is 0 Å². The first-order chi connectivity index (χ1) is 9.22. The van der Waals surface area contributed by atoms with Gasteiger partial charge in [0, 0.05) is 11.5 Å². The topological polar surface area (TPSA) is 12.0 Å². The molecule has 4 rings (SSSR count). The van der Waals surface area contributed by atoms with Gasteiger partial charge in [-0.3, -0.25) is 0 Å². The molecule has 2 bridgehead atoms. The third kappa shape index (κ3) is 1.48. The lowest BCUT2D eigenvalue weighted by Gasteiger charge is -2.55. The van der Waals surface area contributed by atoms with Crippen LogP contribution in [0.5, 0.6) is 0 Å². The highest BCUT2D eigenvalue weighted by Gasteiger charge is 2.52. The van der Waals surface area contributed by atoms with Gasteiger partial charge in [0.15, 0.2) is 11.6 Å². The van der Waals surface area contributed by atoms with Gasteiger partial charge in [0.05, 0.1) is 0 Å². The largest absolute Gasteiger partial charge is 0.313 e. The first-order valence-corrected chi connectivity index (χ1v) is 7.43. The molecule has 1 aromatic carbocycles. The maximum Gasteiger partial charge on any atom is 0.162 e. The fourth-order valence-corrected chi connectivity index (χ4v) is 4.95. The van der Waals surface area contributed by atoms with Crippen molar-refractivity contribution in [3.8, 4) is 0 Å². The Hall–Kier alpha value is -0.960. The van der Waals surface area contributed by atoms with Crippen LogP contribution in [0.15, 0.2) is 12.1 Å². The summed E-state index contributed by atoms with van der Waals surface area (Å²) in [4.78, 5) is 0. The van der Waals surface area contributed by atoms with Gasteiger partial charge in [0.1, 0.15) is 0 Å². The van der Waals surface area contributed by atoms with Crippen molar-refractivity contribution in [2.45, 2.75) is 50.0 Å². The molecule has 1 saturated carbocycles. The van der Waals surface area contributed by atoms with Crippen LogP contribution in [0.4, 0.5) is 8.78 Å². The van der Waals surface area contributed by atoms with Gasteiger partial charge in [-0.2, -0.15) is 0 Å². The van der Waals surface area contributed by atoms with E-state index in [1.165, 1.54) is 25.3 Å². The molecule has 2 fully saturated rings.